The summed E-state index contributed by atoms with van der Waals surface area (Å²) in [6.07, 6.45) is 6.57. The molecule has 2 aromatic rings. The third-order valence-corrected chi connectivity index (χ3v) is 3.58. The third-order valence-electron chi connectivity index (χ3n) is 2.80. The molecule has 6 heteroatoms. The Balaban J connectivity index is 1.67. The maximum absolute atomic E-state index is 4.56. The van der Waals surface area contributed by atoms with Gasteiger partial charge >= 0.3 is 0 Å². The van der Waals surface area contributed by atoms with Crippen molar-refractivity contribution in [3.05, 3.63) is 23.5 Å². The molecule has 0 bridgehead atoms. The van der Waals surface area contributed by atoms with Gasteiger partial charge in [-0.1, -0.05) is 0 Å². The fourth-order valence-corrected chi connectivity index (χ4v) is 2.47. The summed E-state index contributed by atoms with van der Waals surface area (Å²) >= 11 is 1.65. The summed E-state index contributed by atoms with van der Waals surface area (Å²) in [4.78, 5) is 10.1. The van der Waals surface area contributed by atoms with Crippen molar-refractivity contribution in [1.82, 2.24) is 20.0 Å². The molecule has 1 aliphatic rings. The van der Waals surface area contributed by atoms with Crippen molar-refractivity contribution in [3.63, 3.8) is 0 Å². The Hall–Kier alpha value is -1.56. The van der Waals surface area contributed by atoms with Gasteiger partial charge in [0.05, 0.1) is 12.2 Å². The van der Waals surface area contributed by atoms with Crippen LogP contribution in [-0.4, -0.2) is 27.9 Å². The number of nitrogens with zero attached hydrogens (tertiary/aromatic N) is 3. The minimum atomic E-state index is 0.619. The van der Waals surface area contributed by atoms with Crippen LogP contribution < -0.4 is 10.6 Å². The topological polar surface area (TPSA) is 53.7 Å². The molecule has 0 aromatic carbocycles. The van der Waals surface area contributed by atoms with Gasteiger partial charge in [0.25, 0.3) is 0 Å². The van der Waals surface area contributed by atoms with Crippen LogP contribution in [-0.2, 0) is 6.54 Å². The Bertz CT molecular complexity index is 523. The first-order valence-electron chi connectivity index (χ1n) is 6.31. The number of aromatic nitrogens is 2. The number of aliphatic imine (C=N–C) groups is 1. The number of imidazole rings is 1. The first-order valence-corrected chi connectivity index (χ1v) is 7.19. The molecule has 0 aliphatic heterocycles. The van der Waals surface area contributed by atoms with E-state index in [1.807, 2.05) is 22.2 Å². The van der Waals surface area contributed by atoms with E-state index in [0.29, 0.717) is 12.6 Å². The van der Waals surface area contributed by atoms with Gasteiger partial charge in [0.1, 0.15) is 0 Å². The van der Waals surface area contributed by atoms with Crippen LogP contribution in [0.4, 0.5) is 0 Å². The summed E-state index contributed by atoms with van der Waals surface area (Å²) in [5, 5.41) is 8.69. The second-order valence-electron chi connectivity index (χ2n) is 4.44. The molecule has 2 heterocycles. The van der Waals surface area contributed by atoms with E-state index in [9.17, 15) is 0 Å². The summed E-state index contributed by atoms with van der Waals surface area (Å²) in [7, 11) is 0. The Morgan fingerprint density at radius 2 is 2.50 bits per heavy atom. The van der Waals surface area contributed by atoms with E-state index in [1.165, 1.54) is 12.8 Å². The van der Waals surface area contributed by atoms with Crippen LogP contribution in [0, 0.1) is 0 Å². The van der Waals surface area contributed by atoms with E-state index >= 15 is 0 Å². The number of nitrogens with one attached hydrogen (secondary N) is 2. The molecule has 0 saturated heterocycles. The Kier molecular flexibility index (Phi) is 3.19. The molecule has 0 radical (unpaired) electrons. The smallest absolute Gasteiger partial charge is 0.193 e. The van der Waals surface area contributed by atoms with E-state index in [2.05, 4.69) is 27.5 Å². The average Bonchev–Trinajstić information content (AvgIpc) is 2.91. The van der Waals surface area contributed by atoms with E-state index in [0.717, 1.165) is 23.2 Å². The van der Waals surface area contributed by atoms with Crippen LogP contribution in [0.2, 0.25) is 0 Å². The molecule has 2 N–H and O–H groups in total. The SMILES string of the molecule is CCNC(=NCc1cn2ccsc2n1)NC1CC1. The van der Waals surface area contributed by atoms with Crippen molar-refractivity contribution in [2.24, 2.45) is 4.99 Å². The molecule has 0 spiro atoms. The van der Waals surface area contributed by atoms with Gasteiger partial charge < -0.3 is 10.6 Å². The Morgan fingerprint density at radius 3 is 3.22 bits per heavy atom. The molecule has 1 aliphatic carbocycles. The van der Waals surface area contributed by atoms with Gasteiger partial charge in [0.15, 0.2) is 10.9 Å². The monoisotopic (exact) mass is 263 g/mol. The van der Waals surface area contributed by atoms with Crippen molar-refractivity contribution < 1.29 is 0 Å². The number of hydrogen-bond acceptors (Lipinski definition) is 3. The quantitative estimate of drug-likeness (QED) is 0.651. The molecule has 3 rings (SSSR count). The molecule has 96 valence electrons. The van der Waals surface area contributed by atoms with Gasteiger partial charge in [-0.05, 0) is 19.8 Å². The molecule has 2 aromatic heterocycles. The summed E-state index contributed by atoms with van der Waals surface area (Å²) < 4.78 is 2.04. The first-order chi connectivity index (χ1) is 8.85. The maximum atomic E-state index is 4.56. The second kappa shape index (κ2) is 4.97. The van der Waals surface area contributed by atoms with E-state index in [1.54, 1.807) is 11.3 Å². The lowest BCUT2D eigenvalue weighted by atomic mass is 10.5. The van der Waals surface area contributed by atoms with E-state index in [4.69, 9.17) is 0 Å². The highest BCUT2D eigenvalue weighted by molar-refractivity contribution is 7.15. The van der Waals surface area contributed by atoms with Crippen molar-refractivity contribution in [1.29, 1.82) is 0 Å². The van der Waals surface area contributed by atoms with Crippen LogP contribution in [0.25, 0.3) is 4.96 Å². The van der Waals surface area contributed by atoms with Crippen LogP contribution >= 0.6 is 11.3 Å². The van der Waals surface area contributed by atoms with E-state index < -0.39 is 0 Å². The van der Waals surface area contributed by atoms with Crippen molar-refractivity contribution in [2.45, 2.75) is 32.4 Å². The summed E-state index contributed by atoms with van der Waals surface area (Å²) in [6, 6.07) is 0.619. The molecule has 1 fully saturated rings. The van der Waals surface area contributed by atoms with Gasteiger partial charge in [-0.15, -0.1) is 11.3 Å². The first kappa shape index (κ1) is 11.5. The molecule has 1 saturated carbocycles. The summed E-state index contributed by atoms with van der Waals surface area (Å²) in [5.74, 6) is 0.899. The fraction of sp³-hybridized carbons (Fsp3) is 0.500. The number of hydrogen-bond donors (Lipinski definition) is 2. The normalized spacial score (nSPS) is 16.2. The lowest BCUT2D eigenvalue weighted by Gasteiger charge is -2.09. The van der Waals surface area contributed by atoms with Crippen molar-refractivity contribution >= 4 is 22.3 Å². The largest absolute Gasteiger partial charge is 0.357 e. The molecule has 0 atom stereocenters. The summed E-state index contributed by atoms with van der Waals surface area (Å²) in [5.41, 5.74) is 1.01. The highest BCUT2D eigenvalue weighted by Gasteiger charge is 2.22. The number of guanidine groups is 1. The molecule has 18 heavy (non-hydrogen) atoms. The third kappa shape index (κ3) is 2.64. The highest BCUT2D eigenvalue weighted by Crippen LogP contribution is 2.18. The van der Waals surface area contributed by atoms with Gasteiger partial charge in [0.2, 0.25) is 0 Å². The second-order valence-corrected chi connectivity index (χ2v) is 5.31. The Morgan fingerprint density at radius 1 is 1.61 bits per heavy atom. The van der Waals surface area contributed by atoms with Gasteiger partial charge in [-0.3, -0.25) is 4.40 Å². The molecule has 0 unspecified atom stereocenters. The minimum absolute atomic E-state index is 0.619. The molecular weight excluding hydrogens is 246 g/mol. The zero-order chi connectivity index (χ0) is 12.4. The van der Waals surface area contributed by atoms with Gasteiger partial charge in [0, 0.05) is 30.4 Å². The van der Waals surface area contributed by atoms with E-state index in [-0.39, 0.29) is 0 Å². The van der Waals surface area contributed by atoms with Crippen LogP contribution in [0.1, 0.15) is 25.5 Å². The van der Waals surface area contributed by atoms with Crippen LogP contribution in [0.3, 0.4) is 0 Å². The average molecular weight is 263 g/mol. The fourth-order valence-electron chi connectivity index (χ4n) is 1.75. The lowest BCUT2D eigenvalue weighted by molar-refractivity contribution is 0.809. The number of fused-ring (bicyclic) bond motifs is 1. The highest BCUT2D eigenvalue weighted by atomic mass is 32.1. The predicted molar refractivity (Wildman–Crippen MR) is 74.0 cm³/mol. The van der Waals surface area contributed by atoms with Crippen LogP contribution in [0.5, 0.6) is 0 Å². The molecular formula is C12H17N5S. The van der Waals surface area contributed by atoms with Crippen molar-refractivity contribution in [2.75, 3.05) is 6.54 Å². The van der Waals surface area contributed by atoms with Gasteiger partial charge in [-0.25, -0.2) is 9.98 Å². The number of rotatable bonds is 4. The minimum Gasteiger partial charge on any atom is -0.357 e. The molecule has 5 nitrogen and oxygen atoms in total. The predicted octanol–water partition coefficient (Wildman–Crippen LogP) is 1.61. The van der Waals surface area contributed by atoms with Crippen LogP contribution in [0.15, 0.2) is 22.8 Å². The maximum Gasteiger partial charge on any atom is 0.193 e. The van der Waals surface area contributed by atoms with Gasteiger partial charge in [-0.2, -0.15) is 0 Å². The zero-order valence-electron chi connectivity index (χ0n) is 10.4. The lowest BCUT2D eigenvalue weighted by Crippen LogP contribution is -2.38. The zero-order valence-corrected chi connectivity index (χ0v) is 11.2. The standard InChI is InChI=1S/C12H17N5S/c1-2-13-11(15-9-3-4-9)14-7-10-8-17-5-6-18-12(17)16-10/h5-6,8-9H,2-4,7H2,1H3,(H2,13,14,15). The van der Waals surface area contributed by atoms with Crippen molar-refractivity contribution in [3.8, 4) is 0 Å². The Labute approximate surface area is 110 Å². The summed E-state index contributed by atoms with van der Waals surface area (Å²) in [6.45, 7) is 3.59. The molecule has 0 amide bonds. The number of thiazole rings is 1.